The first-order valence-electron chi connectivity index (χ1n) is 6.22. The van der Waals surface area contributed by atoms with Gasteiger partial charge in [0.1, 0.15) is 5.82 Å². The lowest BCUT2D eigenvalue weighted by Gasteiger charge is -2.12. The summed E-state index contributed by atoms with van der Waals surface area (Å²) in [5.74, 6) is -0.459. The highest BCUT2D eigenvalue weighted by molar-refractivity contribution is 7.94. The van der Waals surface area contributed by atoms with Crippen molar-refractivity contribution in [3.63, 3.8) is 0 Å². The van der Waals surface area contributed by atoms with Crippen molar-refractivity contribution in [3.8, 4) is 0 Å². The van der Waals surface area contributed by atoms with Crippen LogP contribution < -0.4 is 5.73 Å². The van der Waals surface area contributed by atoms with Crippen molar-refractivity contribution in [1.29, 1.82) is 0 Å². The molecule has 102 valence electrons. The van der Waals surface area contributed by atoms with E-state index in [1.54, 1.807) is 6.07 Å². The van der Waals surface area contributed by atoms with Crippen LogP contribution in [0.25, 0.3) is 16.5 Å². The van der Waals surface area contributed by atoms with Gasteiger partial charge >= 0.3 is 0 Å². The molecule has 0 saturated carbocycles. The summed E-state index contributed by atoms with van der Waals surface area (Å²) in [7, 11) is 0. The van der Waals surface area contributed by atoms with Gasteiger partial charge in [-0.1, -0.05) is 12.1 Å². The highest BCUT2D eigenvalue weighted by Crippen LogP contribution is 2.31. The molecule has 0 amide bonds. The van der Waals surface area contributed by atoms with E-state index in [1.165, 1.54) is 6.07 Å². The Morgan fingerprint density at radius 3 is 2.70 bits per heavy atom. The Hall–Kier alpha value is -1.88. The van der Waals surface area contributed by atoms with E-state index in [0.717, 1.165) is 35.9 Å². The zero-order chi connectivity index (χ0) is 14.1. The summed E-state index contributed by atoms with van der Waals surface area (Å²) in [4.78, 5) is 4.67. The van der Waals surface area contributed by atoms with Crippen molar-refractivity contribution in [2.75, 3.05) is 0 Å². The van der Waals surface area contributed by atoms with E-state index in [0.29, 0.717) is 10.9 Å². The summed E-state index contributed by atoms with van der Waals surface area (Å²) >= 11 is 0.0143. The third-order valence-electron chi connectivity index (χ3n) is 3.32. The number of benzene rings is 1. The van der Waals surface area contributed by atoms with Gasteiger partial charge in [-0.05, 0) is 42.7 Å². The number of fused-ring (bicyclic) bond motifs is 1. The second-order valence-electron chi connectivity index (χ2n) is 4.68. The third kappa shape index (κ3) is 2.41. The fourth-order valence-corrected chi connectivity index (χ4v) is 2.67. The van der Waals surface area contributed by atoms with E-state index in [2.05, 4.69) is 4.98 Å². The lowest BCUT2D eigenvalue weighted by molar-refractivity contribution is 0.626. The molecule has 1 heterocycles. The number of hydrogen-bond acceptors (Lipinski definition) is 3. The third-order valence-corrected chi connectivity index (χ3v) is 3.79. The van der Waals surface area contributed by atoms with Crippen molar-refractivity contribution >= 4 is 28.6 Å². The molecule has 2 N–H and O–H groups in total. The zero-order valence-corrected chi connectivity index (χ0v) is 11.4. The van der Waals surface area contributed by atoms with Crippen LogP contribution in [0, 0.1) is 5.82 Å². The lowest BCUT2D eigenvalue weighted by Crippen LogP contribution is -2.02. The minimum Gasteiger partial charge on any atom is -0.402 e. The SMILES string of the molecule is NC1=CC=C(c2ccc3cc(F)cc(SF)c3n2)CC1. The smallest absolute Gasteiger partial charge is 0.125 e. The van der Waals surface area contributed by atoms with E-state index in [1.807, 2.05) is 18.2 Å². The summed E-state index contributed by atoms with van der Waals surface area (Å²) in [5.41, 5.74) is 8.90. The Labute approximate surface area is 119 Å². The van der Waals surface area contributed by atoms with Gasteiger partial charge < -0.3 is 5.73 Å². The molecular formula is C15H12F2N2S. The Balaban J connectivity index is 2.13. The maximum absolute atomic E-state index is 13.3. The van der Waals surface area contributed by atoms with Gasteiger partial charge in [0.25, 0.3) is 0 Å². The maximum atomic E-state index is 13.3. The van der Waals surface area contributed by atoms with Crippen LogP contribution in [0.1, 0.15) is 18.5 Å². The van der Waals surface area contributed by atoms with Gasteiger partial charge in [-0.15, -0.1) is 0 Å². The Kier molecular flexibility index (Phi) is 3.44. The van der Waals surface area contributed by atoms with Gasteiger partial charge in [-0.3, -0.25) is 0 Å². The lowest BCUT2D eigenvalue weighted by atomic mass is 9.99. The minimum absolute atomic E-state index is 0.0143. The maximum Gasteiger partial charge on any atom is 0.125 e. The molecule has 0 radical (unpaired) electrons. The van der Waals surface area contributed by atoms with Crippen molar-refractivity contribution in [1.82, 2.24) is 4.98 Å². The molecule has 0 atom stereocenters. The molecule has 20 heavy (non-hydrogen) atoms. The van der Waals surface area contributed by atoms with Gasteiger partial charge in [0.05, 0.1) is 28.3 Å². The van der Waals surface area contributed by atoms with E-state index in [4.69, 9.17) is 5.73 Å². The summed E-state index contributed by atoms with van der Waals surface area (Å²) < 4.78 is 26.3. The second kappa shape index (κ2) is 5.25. The summed E-state index contributed by atoms with van der Waals surface area (Å²) in [6, 6.07) is 6.12. The highest BCUT2D eigenvalue weighted by atomic mass is 32.2. The number of rotatable bonds is 2. The van der Waals surface area contributed by atoms with Crippen LogP contribution in [0.15, 0.2) is 47.0 Å². The van der Waals surface area contributed by atoms with Gasteiger partial charge in [-0.25, -0.2) is 9.37 Å². The van der Waals surface area contributed by atoms with Crippen molar-refractivity contribution < 1.29 is 8.28 Å². The monoisotopic (exact) mass is 290 g/mol. The predicted molar refractivity (Wildman–Crippen MR) is 78.1 cm³/mol. The van der Waals surface area contributed by atoms with E-state index < -0.39 is 5.82 Å². The molecule has 1 aromatic heterocycles. The van der Waals surface area contributed by atoms with E-state index in [9.17, 15) is 8.28 Å². The highest BCUT2D eigenvalue weighted by Gasteiger charge is 2.11. The van der Waals surface area contributed by atoms with Crippen molar-refractivity contribution in [2.45, 2.75) is 17.7 Å². The quantitative estimate of drug-likeness (QED) is 0.892. The molecule has 2 aromatic rings. The average molecular weight is 290 g/mol. The van der Waals surface area contributed by atoms with Crippen LogP contribution in [0.4, 0.5) is 8.28 Å². The first kappa shape index (κ1) is 13.1. The van der Waals surface area contributed by atoms with Crippen LogP contribution in [0.5, 0.6) is 0 Å². The molecule has 1 aliphatic rings. The van der Waals surface area contributed by atoms with Crippen molar-refractivity contribution in [2.24, 2.45) is 5.73 Å². The molecule has 5 heteroatoms. The normalized spacial score (nSPS) is 15.1. The Bertz CT molecular complexity index is 738. The van der Waals surface area contributed by atoms with Crippen LogP contribution in [-0.4, -0.2) is 4.98 Å². The number of allylic oxidation sites excluding steroid dienone is 4. The fourth-order valence-electron chi connectivity index (χ4n) is 2.27. The van der Waals surface area contributed by atoms with Crippen LogP contribution in [0.2, 0.25) is 0 Å². The summed E-state index contributed by atoms with van der Waals surface area (Å²) in [6.45, 7) is 0. The van der Waals surface area contributed by atoms with Gasteiger partial charge in [0.15, 0.2) is 0 Å². The number of pyridine rings is 1. The number of halogens is 2. The van der Waals surface area contributed by atoms with E-state index in [-0.39, 0.29) is 17.0 Å². The molecule has 0 bridgehead atoms. The average Bonchev–Trinajstić information content (AvgIpc) is 2.46. The molecule has 0 aliphatic heterocycles. The van der Waals surface area contributed by atoms with Crippen LogP contribution in [0.3, 0.4) is 0 Å². The molecule has 1 aromatic carbocycles. The molecule has 0 fully saturated rings. The van der Waals surface area contributed by atoms with E-state index >= 15 is 0 Å². The fraction of sp³-hybridized carbons (Fsp3) is 0.133. The molecule has 1 aliphatic carbocycles. The molecule has 0 spiro atoms. The predicted octanol–water partition coefficient (Wildman–Crippen LogP) is 4.37. The number of nitrogens with two attached hydrogens (primary N) is 1. The molecule has 0 unspecified atom stereocenters. The van der Waals surface area contributed by atoms with Crippen molar-refractivity contribution in [3.05, 3.63) is 53.6 Å². The number of hydrogen-bond donors (Lipinski definition) is 1. The topological polar surface area (TPSA) is 38.9 Å². The Morgan fingerprint density at radius 1 is 1.15 bits per heavy atom. The first-order chi connectivity index (χ1) is 9.67. The van der Waals surface area contributed by atoms with Gasteiger partial charge in [0, 0.05) is 11.1 Å². The Morgan fingerprint density at radius 2 is 2.00 bits per heavy atom. The largest absolute Gasteiger partial charge is 0.402 e. The van der Waals surface area contributed by atoms with Crippen LogP contribution in [-0.2, 0) is 0 Å². The van der Waals surface area contributed by atoms with Gasteiger partial charge in [0.2, 0.25) is 0 Å². The first-order valence-corrected chi connectivity index (χ1v) is 6.93. The standard InChI is InChI=1S/C15H12F2N2S/c16-11-7-10-3-6-13(9-1-4-12(18)5-2-9)19-15(10)14(8-11)20-17/h1,3-4,6-8H,2,5,18H2. The second-order valence-corrected chi connectivity index (χ2v) is 5.28. The molecule has 3 rings (SSSR count). The zero-order valence-electron chi connectivity index (χ0n) is 10.6. The van der Waals surface area contributed by atoms with Gasteiger partial charge in [-0.2, -0.15) is 3.89 Å². The molecule has 2 nitrogen and oxygen atoms in total. The summed E-state index contributed by atoms with van der Waals surface area (Å²) in [6.07, 6.45) is 5.39. The number of aromatic nitrogens is 1. The molecular weight excluding hydrogens is 278 g/mol. The number of nitrogens with zero attached hydrogens (tertiary/aromatic N) is 1. The minimum atomic E-state index is -0.459. The summed E-state index contributed by atoms with van der Waals surface area (Å²) in [5, 5.41) is 0.598. The van der Waals surface area contributed by atoms with Crippen LogP contribution >= 0.6 is 12.1 Å². The molecule has 0 saturated heterocycles.